The van der Waals surface area contributed by atoms with Crippen molar-refractivity contribution in [3.63, 3.8) is 0 Å². The fourth-order valence-corrected chi connectivity index (χ4v) is 3.22. The zero-order valence-corrected chi connectivity index (χ0v) is 15.8. The third-order valence-electron chi connectivity index (χ3n) is 4.93. The minimum absolute atomic E-state index is 0.0413. The smallest absolute Gasteiger partial charge is 0.274 e. The molecule has 0 radical (unpaired) electrons. The van der Waals surface area contributed by atoms with E-state index in [4.69, 9.17) is 0 Å². The van der Waals surface area contributed by atoms with Crippen molar-refractivity contribution >= 4 is 17.4 Å². The summed E-state index contributed by atoms with van der Waals surface area (Å²) < 4.78 is 0. The van der Waals surface area contributed by atoms with Gasteiger partial charge in [0.15, 0.2) is 11.5 Å². The molecule has 26 heavy (non-hydrogen) atoms. The van der Waals surface area contributed by atoms with E-state index in [2.05, 4.69) is 59.5 Å². The highest BCUT2D eigenvalue weighted by molar-refractivity contribution is 5.92. The zero-order valence-electron chi connectivity index (χ0n) is 15.8. The Hall–Kier alpha value is -2.47. The van der Waals surface area contributed by atoms with Gasteiger partial charge in [-0.2, -0.15) is 0 Å². The first-order valence-electron chi connectivity index (χ1n) is 9.31. The van der Waals surface area contributed by atoms with Crippen LogP contribution in [0.2, 0.25) is 0 Å². The van der Waals surface area contributed by atoms with Crippen LogP contribution in [0.5, 0.6) is 0 Å². The molecule has 6 nitrogen and oxygen atoms in total. The summed E-state index contributed by atoms with van der Waals surface area (Å²) in [6.07, 6.45) is 1.90. The molecule has 3 rings (SSSR count). The number of piperazine rings is 1. The largest absolute Gasteiger partial charge is 0.338 e. The highest BCUT2D eigenvalue weighted by atomic mass is 16.2. The molecule has 0 spiro atoms. The molecule has 0 atom stereocenters. The Balaban J connectivity index is 1.73. The van der Waals surface area contributed by atoms with Gasteiger partial charge in [0, 0.05) is 31.9 Å². The Labute approximate surface area is 155 Å². The van der Waals surface area contributed by atoms with Crippen molar-refractivity contribution in [1.82, 2.24) is 20.0 Å². The van der Waals surface area contributed by atoms with Crippen LogP contribution in [-0.4, -0.2) is 59.1 Å². The molecule has 1 aliphatic rings. The third-order valence-corrected chi connectivity index (χ3v) is 4.93. The zero-order chi connectivity index (χ0) is 18.5. The van der Waals surface area contributed by atoms with E-state index in [0.717, 1.165) is 44.7 Å². The van der Waals surface area contributed by atoms with Crippen LogP contribution in [-0.2, 0) is 12.8 Å². The standard InChI is InChI=1S/C20H27N5O/c1-4-15-7-6-8-16(5-2)19(15)21-18-10-9-17(22-23-18)20(26)25-13-11-24(3)12-14-25/h6-10H,4-5,11-14H2,1-3H3,(H,21,23). The van der Waals surface area contributed by atoms with Crippen LogP contribution in [0.15, 0.2) is 30.3 Å². The second-order valence-corrected chi connectivity index (χ2v) is 6.68. The number of benzene rings is 1. The molecule has 2 heterocycles. The third kappa shape index (κ3) is 4.02. The number of likely N-dealkylation sites (N-methyl/N-ethyl adjacent to an activating group) is 1. The van der Waals surface area contributed by atoms with E-state index in [-0.39, 0.29) is 5.91 Å². The first kappa shape index (κ1) is 18.3. The van der Waals surface area contributed by atoms with Crippen molar-refractivity contribution in [3.05, 3.63) is 47.2 Å². The molecule has 6 heteroatoms. The van der Waals surface area contributed by atoms with Gasteiger partial charge in [0.05, 0.1) is 0 Å². The topological polar surface area (TPSA) is 61.4 Å². The molecule has 138 valence electrons. The number of carbonyl (C=O) groups excluding carboxylic acids is 1. The molecule has 1 fully saturated rings. The molecule has 1 N–H and O–H groups in total. The average molecular weight is 353 g/mol. The molecule has 0 bridgehead atoms. The predicted octanol–water partition coefficient (Wildman–Crippen LogP) is 2.73. The molecule has 1 aliphatic heterocycles. The van der Waals surface area contributed by atoms with Crippen LogP contribution in [0.25, 0.3) is 0 Å². The number of hydrogen-bond donors (Lipinski definition) is 1. The van der Waals surface area contributed by atoms with Gasteiger partial charge in [-0.05, 0) is 43.1 Å². The molecule has 2 aromatic rings. The Morgan fingerprint density at radius 2 is 1.65 bits per heavy atom. The van der Waals surface area contributed by atoms with Crippen molar-refractivity contribution in [2.75, 3.05) is 38.5 Å². The van der Waals surface area contributed by atoms with E-state index in [1.54, 1.807) is 6.07 Å². The van der Waals surface area contributed by atoms with Gasteiger partial charge in [0.25, 0.3) is 5.91 Å². The number of aryl methyl sites for hydroxylation is 2. The monoisotopic (exact) mass is 353 g/mol. The first-order chi connectivity index (χ1) is 12.6. The van der Waals surface area contributed by atoms with Gasteiger partial charge >= 0.3 is 0 Å². The van der Waals surface area contributed by atoms with Crippen molar-refractivity contribution in [2.45, 2.75) is 26.7 Å². The fraction of sp³-hybridized carbons (Fsp3) is 0.450. The number of carbonyl (C=O) groups is 1. The number of nitrogens with zero attached hydrogens (tertiary/aromatic N) is 4. The number of hydrogen-bond acceptors (Lipinski definition) is 5. The van der Waals surface area contributed by atoms with Gasteiger partial charge in [-0.15, -0.1) is 10.2 Å². The highest BCUT2D eigenvalue weighted by Crippen LogP contribution is 2.25. The lowest BCUT2D eigenvalue weighted by Crippen LogP contribution is -2.47. The summed E-state index contributed by atoms with van der Waals surface area (Å²) >= 11 is 0. The second kappa shape index (κ2) is 8.27. The van der Waals surface area contributed by atoms with E-state index in [9.17, 15) is 4.79 Å². The van der Waals surface area contributed by atoms with Gasteiger partial charge in [-0.1, -0.05) is 32.0 Å². The summed E-state index contributed by atoms with van der Waals surface area (Å²) in [6, 6.07) is 9.94. The summed E-state index contributed by atoms with van der Waals surface area (Å²) in [5.74, 6) is 0.621. The molecule has 0 aliphatic carbocycles. The van der Waals surface area contributed by atoms with E-state index in [1.807, 2.05) is 11.0 Å². The van der Waals surface area contributed by atoms with Crippen LogP contribution < -0.4 is 5.32 Å². The summed E-state index contributed by atoms with van der Waals surface area (Å²) in [6.45, 7) is 7.55. The predicted molar refractivity (Wildman–Crippen MR) is 104 cm³/mol. The van der Waals surface area contributed by atoms with Crippen molar-refractivity contribution in [1.29, 1.82) is 0 Å². The number of rotatable bonds is 5. The number of para-hydroxylation sites is 1. The maximum atomic E-state index is 12.6. The number of nitrogens with one attached hydrogen (secondary N) is 1. The van der Waals surface area contributed by atoms with Gasteiger partial charge in [0.2, 0.25) is 0 Å². The van der Waals surface area contributed by atoms with Crippen LogP contribution in [0.3, 0.4) is 0 Å². The summed E-state index contributed by atoms with van der Waals surface area (Å²) in [4.78, 5) is 16.6. The van der Waals surface area contributed by atoms with Crippen molar-refractivity contribution in [3.8, 4) is 0 Å². The molecule has 0 saturated carbocycles. The Morgan fingerprint density at radius 1 is 1.00 bits per heavy atom. The summed E-state index contributed by atoms with van der Waals surface area (Å²) in [7, 11) is 2.07. The molecular weight excluding hydrogens is 326 g/mol. The fourth-order valence-electron chi connectivity index (χ4n) is 3.22. The van der Waals surface area contributed by atoms with Gasteiger partial charge in [-0.25, -0.2) is 0 Å². The summed E-state index contributed by atoms with van der Waals surface area (Å²) in [5, 5.41) is 11.8. The van der Waals surface area contributed by atoms with E-state index < -0.39 is 0 Å². The maximum absolute atomic E-state index is 12.6. The Morgan fingerprint density at radius 3 is 2.19 bits per heavy atom. The lowest BCUT2D eigenvalue weighted by Gasteiger charge is -2.32. The molecule has 1 amide bonds. The lowest BCUT2D eigenvalue weighted by atomic mass is 10.0. The van der Waals surface area contributed by atoms with Gasteiger partial charge in [-0.3, -0.25) is 4.79 Å². The number of amides is 1. The average Bonchev–Trinajstić information content (AvgIpc) is 2.68. The molecule has 1 aromatic carbocycles. The Bertz CT molecular complexity index is 729. The summed E-state index contributed by atoms with van der Waals surface area (Å²) in [5.41, 5.74) is 4.01. The van der Waals surface area contributed by atoms with E-state index >= 15 is 0 Å². The van der Waals surface area contributed by atoms with Crippen LogP contribution in [0.4, 0.5) is 11.5 Å². The van der Waals surface area contributed by atoms with Gasteiger partial charge < -0.3 is 15.1 Å². The molecular formula is C20H27N5O. The normalized spacial score (nSPS) is 15.1. The minimum Gasteiger partial charge on any atom is -0.338 e. The number of aromatic nitrogens is 2. The van der Waals surface area contributed by atoms with E-state index in [0.29, 0.717) is 11.5 Å². The SMILES string of the molecule is CCc1cccc(CC)c1Nc1ccc(C(=O)N2CCN(C)CC2)nn1. The van der Waals surface area contributed by atoms with Crippen molar-refractivity contribution in [2.24, 2.45) is 0 Å². The maximum Gasteiger partial charge on any atom is 0.274 e. The lowest BCUT2D eigenvalue weighted by molar-refractivity contribution is 0.0657. The highest BCUT2D eigenvalue weighted by Gasteiger charge is 2.21. The minimum atomic E-state index is -0.0413. The van der Waals surface area contributed by atoms with E-state index in [1.165, 1.54) is 11.1 Å². The van der Waals surface area contributed by atoms with Gasteiger partial charge in [0.1, 0.15) is 0 Å². The van der Waals surface area contributed by atoms with Crippen LogP contribution in [0, 0.1) is 0 Å². The van der Waals surface area contributed by atoms with Crippen molar-refractivity contribution < 1.29 is 4.79 Å². The molecule has 0 unspecified atom stereocenters. The molecule has 1 saturated heterocycles. The quantitative estimate of drug-likeness (QED) is 0.896. The van der Waals surface area contributed by atoms with Crippen LogP contribution >= 0.6 is 0 Å². The second-order valence-electron chi connectivity index (χ2n) is 6.68. The first-order valence-corrected chi connectivity index (χ1v) is 9.31. The molecule has 1 aromatic heterocycles. The Kier molecular flexibility index (Phi) is 5.83. The van der Waals surface area contributed by atoms with Crippen LogP contribution in [0.1, 0.15) is 35.5 Å². The number of anilines is 2.